The van der Waals surface area contributed by atoms with Gasteiger partial charge in [-0.3, -0.25) is 4.79 Å². The number of ether oxygens (including phenoxy) is 1. The molecule has 1 aromatic carbocycles. The van der Waals surface area contributed by atoms with E-state index in [-0.39, 0.29) is 22.4 Å². The molecule has 0 saturated heterocycles. The second-order valence-electron chi connectivity index (χ2n) is 4.28. The third kappa shape index (κ3) is 3.61. The maximum atomic E-state index is 12.0. The van der Waals surface area contributed by atoms with E-state index in [9.17, 15) is 13.2 Å². The van der Waals surface area contributed by atoms with Gasteiger partial charge in [-0.15, -0.1) is 0 Å². The summed E-state index contributed by atoms with van der Waals surface area (Å²) in [7, 11) is 1.42. The summed E-state index contributed by atoms with van der Waals surface area (Å²) in [6.07, 6.45) is 1.90. The number of rotatable bonds is 5. The minimum atomic E-state index is -3.87. The van der Waals surface area contributed by atoms with Crippen LogP contribution in [0.2, 0.25) is 0 Å². The van der Waals surface area contributed by atoms with Gasteiger partial charge in [0.2, 0.25) is 0 Å². The first-order valence-corrected chi connectivity index (χ1v) is 8.25. The fourth-order valence-corrected chi connectivity index (χ4v) is 2.39. The molecule has 0 radical (unpaired) electrons. The maximum Gasteiger partial charge on any atom is 0.261 e. The summed E-state index contributed by atoms with van der Waals surface area (Å²) >= 11 is 0. The van der Waals surface area contributed by atoms with Crippen molar-refractivity contribution in [3.63, 3.8) is 0 Å². The molecule has 1 amide bonds. The van der Waals surface area contributed by atoms with E-state index in [1.807, 2.05) is 0 Å². The van der Waals surface area contributed by atoms with Crippen molar-refractivity contribution in [2.75, 3.05) is 6.61 Å². The first kappa shape index (κ1) is 14.1. The average Bonchev–Trinajstić information content (AvgIpc) is 3.12. The minimum absolute atomic E-state index is 0.112. The monoisotopic (exact) mass is 303 g/mol. The van der Waals surface area contributed by atoms with Crippen LogP contribution in [0.5, 0.6) is 5.75 Å². The zero-order valence-corrected chi connectivity index (χ0v) is 11.9. The van der Waals surface area contributed by atoms with Crippen LogP contribution >= 0.6 is 10.7 Å². The predicted molar refractivity (Wildman–Crippen MR) is 71.1 cm³/mol. The molecule has 0 spiro atoms. The minimum Gasteiger partial charge on any atom is -0.493 e. The SMILES string of the molecule is CCOc1ccc(S(=O)(=O)Cl)cc1C(=O)NC1CC1. The van der Waals surface area contributed by atoms with Crippen molar-refractivity contribution in [1.29, 1.82) is 0 Å². The Kier molecular flexibility index (Phi) is 4.01. The van der Waals surface area contributed by atoms with Crippen molar-refractivity contribution in [2.45, 2.75) is 30.7 Å². The van der Waals surface area contributed by atoms with Crippen molar-refractivity contribution in [3.8, 4) is 5.75 Å². The molecule has 104 valence electrons. The highest BCUT2D eigenvalue weighted by Crippen LogP contribution is 2.26. The zero-order valence-electron chi connectivity index (χ0n) is 10.3. The first-order valence-electron chi connectivity index (χ1n) is 5.94. The van der Waals surface area contributed by atoms with Gasteiger partial charge in [0, 0.05) is 16.7 Å². The Morgan fingerprint density at radius 2 is 2.16 bits per heavy atom. The van der Waals surface area contributed by atoms with Gasteiger partial charge in [-0.2, -0.15) is 0 Å². The smallest absolute Gasteiger partial charge is 0.261 e. The highest BCUT2D eigenvalue weighted by molar-refractivity contribution is 8.13. The third-order valence-corrected chi connectivity index (χ3v) is 4.04. The first-order chi connectivity index (χ1) is 8.91. The van der Waals surface area contributed by atoms with Gasteiger partial charge in [-0.1, -0.05) is 0 Å². The molecule has 0 heterocycles. The number of carbonyl (C=O) groups excluding carboxylic acids is 1. The number of hydrogen-bond donors (Lipinski definition) is 1. The van der Waals surface area contributed by atoms with Gasteiger partial charge in [0.05, 0.1) is 17.1 Å². The van der Waals surface area contributed by atoms with Crippen molar-refractivity contribution in [1.82, 2.24) is 5.32 Å². The average molecular weight is 304 g/mol. The molecule has 1 aromatic rings. The Balaban J connectivity index is 2.37. The van der Waals surface area contributed by atoms with E-state index in [0.717, 1.165) is 12.8 Å². The summed E-state index contributed by atoms with van der Waals surface area (Å²) in [5, 5.41) is 2.79. The van der Waals surface area contributed by atoms with E-state index in [1.165, 1.54) is 18.2 Å². The van der Waals surface area contributed by atoms with E-state index in [2.05, 4.69) is 5.32 Å². The highest BCUT2D eigenvalue weighted by atomic mass is 35.7. The Labute approximate surface area is 116 Å². The van der Waals surface area contributed by atoms with Crippen molar-refractivity contribution >= 4 is 25.6 Å². The van der Waals surface area contributed by atoms with Gasteiger partial charge >= 0.3 is 0 Å². The normalized spacial score (nSPS) is 15.1. The molecule has 0 aromatic heterocycles. The summed E-state index contributed by atoms with van der Waals surface area (Å²) in [5.41, 5.74) is 0.190. The molecule has 1 aliphatic carbocycles. The molecule has 0 atom stereocenters. The molecular formula is C12H14ClNO4S. The van der Waals surface area contributed by atoms with Gasteiger partial charge in [-0.25, -0.2) is 8.42 Å². The zero-order chi connectivity index (χ0) is 14.0. The summed E-state index contributed by atoms with van der Waals surface area (Å²) in [5.74, 6) is 0.0119. The number of hydrogen-bond acceptors (Lipinski definition) is 4. The number of nitrogens with one attached hydrogen (secondary N) is 1. The molecule has 19 heavy (non-hydrogen) atoms. The Morgan fingerprint density at radius 3 is 2.68 bits per heavy atom. The standard InChI is InChI=1S/C12H14ClNO4S/c1-2-18-11-6-5-9(19(13,16)17)7-10(11)12(15)14-8-3-4-8/h5-8H,2-4H2,1H3,(H,14,15). The van der Waals surface area contributed by atoms with Crippen molar-refractivity contribution in [3.05, 3.63) is 23.8 Å². The molecule has 1 fully saturated rings. The molecule has 2 rings (SSSR count). The van der Waals surface area contributed by atoms with Crippen LogP contribution in [0.3, 0.4) is 0 Å². The summed E-state index contributed by atoms with van der Waals surface area (Å²) in [6, 6.07) is 4.19. The van der Waals surface area contributed by atoms with Gasteiger partial charge in [0.25, 0.3) is 15.0 Å². The number of halogens is 1. The molecule has 1 N–H and O–H groups in total. The highest BCUT2D eigenvalue weighted by Gasteiger charge is 2.26. The molecule has 5 nitrogen and oxygen atoms in total. The van der Waals surface area contributed by atoms with E-state index in [0.29, 0.717) is 12.4 Å². The number of carbonyl (C=O) groups is 1. The molecule has 1 saturated carbocycles. The van der Waals surface area contributed by atoms with Crippen LogP contribution in [0.15, 0.2) is 23.1 Å². The van der Waals surface area contributed by atoms with Crippen LogP contribution in [-0.4, -0.2) is 27.0 Å². The van der Waals surface area contributed by atoms with E-state index in [1.54, 1.807) is 6.92 Å². The lowest BCUT2D eigenvalue weighted by Crippen LogP contribution is -2.26. The lowest BCUT2D eigenvalue weighted by atomic mass is 10.2. The Bertz CT molecular complexity index is 596. The van der Waals surface area contributed by atoms with Crippen LogP contribution in [0, 0.1) is 0 Å². The van der Waals surface area contributed by atoms with Gasteiger partial charge in [0.1, 0.15) is 5.75 Å². The van der Waals surface area contributed by atoms with Crippen LogP contribution < -0.4 is 10.1 Å². The quantitative estimate of drug-likeness (QED) is 0.843. The van der Waals surface area contributed by atoms with Crippen LogP contribution in [0.4, 0.5) is 0 Å². The Hall–Kier alpha value is -1.27. The van der Waals surface area contributed by atoms with E-state index < -0.39 is 9.05 Å². The summed E-state index contributed by atoms with van der Waals surface area (Å²) in [4.78, 5) is 11.9. The van der Waals surface area contributed by atoms with Crippen molar-refractivity contribution < 1.29 is 17.9 Å². The van der Waals surface area contributed by atoms with Gasteiger partial charge < -0.3 is 10.1 Å². The maximum absolute atomic E-state index is 12.0. The number of amides is 1. The van der Waals surface area contributed by atoms with E-state index in [4.69, 9.17) is 15.4 Å². The second-order valence-corrected chi connectivity index (χ2v) is 6.84. The third-order valence-electron chi connectivity index (χ3n) is 2.69. The van der Waals surface area contributed by atoms with Gasteiger partial charge in [-0.05, 0) is 38.0 Å². The molecule has 0 unspecified atom stereocenters. The Morgan fingerprint density at radius 1 is 1.47 bits per heavy atom. The molecule has 7 heteroatoms. The summed E-state index contributed by atoms with van der Waals surface area (Å²) < 4.78 is 27.9. The lowest BCUT2D eigenvalue weighted by Gasteiger charge is -2.11. The van der Waals surface area contributed by atoms with E-state index >= 15 is 0 Å². The van der Waals surface area contributed by atoms with Crippen LogP contribution in [0.1, 0.15) is 30.1 Å². The number of benzene rings is 1. The van der Waals surface area contributed by atoms with Crippen molar-refractivity contribution in [2.24, 2.45) is 0 Å². The van der Waals surface area contributed by atoms with Crippen LogP contribution in [0.25, 0.3) is 0 Å². The fraction of sp³-hybridized carbons (Fsp3) is 0.417. The van der Waals surface area contributed by atoms with Gasteiger partial charge in [0.15, 0.2) is 0 Å². The second kappa shape index (κ2) is 5.38. The lowest BCUT2D eigenvalue weighted by molar-refractivity contribution is 0.0947. The largest absolute Gasteiger partial charge is 0.493 e. The molecule has 0 bridgehead atoms. The topological polar surface area (TPSA) is 72.5 Å². The van der Waals surface area contributed by atoms with Crippen LogP contribution in [-0.2, 0) is 9.05 Å². The summed E-state index contributed by atoms with van der Waals surface area (Å²) in [6.45, 7) is 2.17. The predicted octanol–water partition coefficient (Wildman–Crippen LogP) is 1.91. The molecule has 1 aliphatic rings. The molecule has 0 aliphatic heterocycles. The molecular weight excluding hydrogens is 290 g/mol. The fourth-order valence-electron chi connectivity index (χ4n) is 1.61.